The predicted octanol–water partition coefficient (Wildman–Crippen LogP) is 2.30. The fraction of sp³-hybridized carbons (Fsp3) is 0.421. The highest BCUT2D eigenvalue weighted by molar-refractivity contribution is 6.05. The van der Waals surface area contributed by atoms with E-state index in [0.717, 1.165) is 41.9 Å². The Morgan fingerprint density at radius 3 is 3.00 bits per heavy atom. The van der Waals surface area contributed by atoms with Crippen LogP contribution in [0.15, 0.2) is 30.5 Å². The number of H-pyrrole nitrogens is 1. The molecule has 6 nitrogen and oxygen atoms in total. The van der Waals surface area contributed by atoms with Crippen molar-refractivity contribution in [1.82, 2.24) is 10.2 Å². The molecule has 2 aliphatic rings. The molecule has 2 aromatic rings. The Labute approximate surface area is 146 Å². The second-order valence-electron chi connectivity index (χ2n) is 6.71. The maximum Gasteiger partial charge on any atom is 0.232 e. The van der Waals surface area contributed by atoms with Gasteiger partial charge in [0.05, 0.1) is 23.5 Å². The van der Waals surface area contributed by atoms with Gasteiger partial charge in [-0.15, -0.1) is 0 Å². The monoisotopic (exact) mass is 338 g/mol. The topological polar surface area (TPSA) is 69.3 Å². The Morgan fingerprint density at radius 2 is 2.16 bits per heavy atom. The van der Waals surface area contributed by atoms with Gasteiger partial charge in [-0.2, -0.15) is 5.10 Å². The van der Waals surface area contributed by atoms with Crippen LogP contribution in [0.4, 0.5) is 11.4 Å². The predicted molar refractivity (Wildman–Crippen MR) is 95.5 cm³/mol. The number of amides is 2. The van der Waals surface area contributed by atoms with Crippen LogP contribution >= 0.6 is 0 Å². The number of hydrogen-bond acceptors (Lipinski definition) is 3. The average molecular weight is 338 g/mol. The second-order valence-corrected chi connectivity index (χ2v) is 6.71. The van der Waals surface area contributed by atoms with Crippen LogP contribution in [0.5, 0.6) is 0 Å². The van der Waals surface area contributed by atoms with Crippen LogP contribution in [0.3, 0.4) is 0 Å². The number of rotatable bonds is 3. The van der Waals surface area contributed by atoms with E-state index in [0.29, 0.717) is 13.1 Å². The average Bonchev–Trinajstić information content (AvgIpc) is 3.27. The highest BCUT2D eigenvalue weighted by Gasteiger charge is 2.39. The summed E-state index contributed by atoms with van der Waals surface area (Å²) in [4.78, 5) is 29.2. The van der Waals surface area contributed by atoms with E-state index < -0.39 is 0 Å². The van der Waals surface area contributed by atoms with Gasteiger partial charge in [-0.05, 0) is 30.9 Å². The van der Waals surface area contributed by atoms with Gasteiger partial charge in [0, 0.05) is 25.2 Å². The van der Waals surface area contributed by atoms with Crippen LogP contribution in [0.1, 0.15) is 31.0 Å². The number of carbonyl (C=O) groups excluding carboxylic acids is 2. The molecule has 1 saturated heterocycles. The van der Waals surface area contributed by atoms with E-state index in [9.17, 15) is 9.59 Å². The molecule has 1 atom stereocenters. The van der Waals surface area contributed by atoms with Crippen LogP contribution in [-0.4, -0.2) is 35.1 Å². The lowest BCUT2D eigenvalue weighted by Crippen LogP contribution is -2.40. The zero-order valence-electron chi connectivity index (χ0n) is 14.4. The molecule has 2 amide bonds. The highest BCUT2D eigenvalue weighted by atomic mass is 16.2. The third kappa shape index (κ3) is 2.71. The lowest BCUT2D eigenvalue weighted by molar-refractivity contribution is -0.124. The molecule has 25 heavy (non-hydrogen) atoms. The quantitative estimate of drug-likeness (QED) is 0.934. The Morgan fingerprint density at radius 1 is 1.32 bits per heavy atom. The van der Waals surface area contributed by atoms with Crippen LogP contribution in [-0.2, 0) is 22.4 Å². The molecule has 4 rings (SSSR count). The molecule has 0 bridgehead atoms. The standard InChI is InChI=1S/C19H22N4O2/c1-2-13-6-3-4-8-16(13)23-12-14(10-18(23)24)19(25)22-9-5-7-15-17(22)11-20-21-15/h3-4,6,8,11,14H,2,5,7,9-10,12H2,1H3,(H,20,21). The molecule has 2 aliphatic heterocycles. The Bertz CT molecular complexity index is 813. The minimum absolute atomic E-state index is 0.0312. The molecule has 1 N–H and O–H groups in total. The molecule has 1 aromatic heterocycles. The number of benzene rings is 1. The molecular weight excluding hydrogens is 316 g/mol. The minimum atomic E-state index is -0.293. The van der Waals surface area contributed by atoms with Crippen molar-refractivity contribution < 1.29 is 9.59 Å². The van der Waals surface area contributed by atoms with Crippen molar-refractivity contribution in [3.63, 3.8) is 0 Å². The van der Waals surface area contributed by atoms with Crippen LogP contribution in [0.2, 0.25) is 0 Å². The summed E-state index contributed by atoms with van der Waals surface area (Å²) in [7, 11) is 0. The first-order valence-corrected chi connectivity index (χ1v) is 8.91. The Kier molecular flexibility index (Phi) is 4.03. The van der Waals surface area contributed by atoms with Gasteiger partial charge >= 0.3 is 0 Å². The Hall–Kier alpha value is -2.63. The first-order chi connectivity index (χ1) is 12.2. The summed E-state index contributed by atoms with van der Waals surface area (Å²) in [6, 6.07) is 7.94. The highest BCUT2D eigenvalue weighted by Crippen LogP contribution is 2.32. The number of fused-ring (bicyclic) bond motifs is 1. The van der Waals surface area contributed by atoms with E-state index in [4.69, 9.17) is 0 Å². The summed E-state index contributed by atoms with van der Waals surface area (Å²) in [5, 5.41) is 7.04. The van der Waals surface area contributed by atoms with E-state index in [1.54, 1.807) is 16.0 Å². The van der Waals surface area contributed by atoms with Gasteiger partial charge < -0.3 is 9.80 Å². The molecule has 3 heterocycles. The van der Waals surface area contributed by atoms with Gasteiger partial charge in [-0.3, -0.25) is 14.7 Å². The third-order valence-corrected chi connectivity index (χ3v) is 5.20. The molecule has 1 fully saturated rings. The first-order valence-electron chi connectivity index (χ1n) is 8.91. The van der Waals surface area contributed by atoms with Crippen molar-refractivity contribution in [1.29, 1.82) is 0 Å². The molecule has 0 radical (unpaired) electrons. The summed E-state index contributed by atoms with van der Waals surface area (Å²) in [5.74, 6) is -0.228. The first kappa shape index (κ1) is 15.9. The number of anilines is 2. The maximum atomic E-state index is 13.0. The SMILES string of the molecule is CCc1ccccc1N1CC(C(=O)N2CCCc3[nH]ncc32)CC1=O. The van der Waals surface area contributed by atoms with Gasteiger partial charge in [0.15, 0.2) is 0 Å². The van der Waals surface area contributed by atoms with Crippen molar-refractivity contribution in [3.05, 3.63) is 41.7 Å². The van der Waals surface area contributed by atoms with Gasteiger partial charge in [-0.25, -0.2) is 0 Å². The molecule has 130 valence electrons. The number of aromatic nitrogens is 2. The number of carbonyl (C=O) groups is 2. The Balaban J connectivity index is 1.56. The number of aromatic amines is 1. The van der Waals surface area contributed by atoms with Crippen molar-refractivity contribution in [3.8, 4) is 0 Å². The van der Waals surface area contributed by atoms with E-state index in [1.165, 1.54) is 0 Å². The fourth-order valence-electron chi connectivity index (χ4n) is 3.89. The zero-order valence-corrected chi connectivity index (χ0v) is 14.4. The summed E-state index contributed by atoms with van der Waals surface area (Å²) >= 11 is 0. The smallest absolute Gasteiger partial charge is 0.232 e. The van der Waals surface area contributed by atoms with Crippen molar-refractivity contribution in [2.75, 3.05) is 22.9 Å². The van der Waals surface area contributed by atoms with Crippen LogP contribution in [0, 0.1) is 5.92 Å². The lowest BCUT2D eigenvalue weighted by atomic mass is 10.0. The normalized spacial score (nSPS) is 20.0. The fourth-order valence-corrected chi connectivity index (χ4v) is 3.89. The van der Waals surface area contributed by atoms with Gasteiger partial charge in [0.2, 0.25) is 11.8 Å². The summed E-state index contributed by atoms with van der Waals surface area (Å²) in [5.41, 5.74) is 3.96. The minimum Gasteiger partial charge on any atom is -0.311 e. The van der Waals surface area contributed by atoms with Crippen molar-refractivity contribution in [2.45, 2.75) is 32.6 Å². The molecule has 0 aliphatic carbocycles. The number of hydrogen-bond donors (Lipinski definition) is 1. The number of nitrogens with one attached hydrogen (secondary N) is 1. The van der Waals surface area contributed by atoms with Crippen LogP contribution in [0.25, 0.3) is 0 Å². The lowest BCUT2D eigenvalue weighted by Gasteiger charge is -2.28. The molecular formula is C19H22N4O2. The van der Waals surface area contributed by atoms with Gasteiger partial charge in [0.1, 0.15) is 0 Å². The summed E-state index contributed by atoms with van der Waals surface area (Å²) in [6.45, 7) is 3.23. The number of nitrogens with zero attached hydrogens (tertiary/aromatic N) is 3. The van der Waals surface area contributed by atoms with Gasteiger partial charge in [-0.1, -0.05) is 25.1 Å². The van der Waals surface area contributed by atoms with E-state index in [-0.39, 0.29) is 24.2 Å². The summed E-state index contributed by atoms with van der Waals surface area (Å²) < 4.78 is 0. The molecule has 1 aromatic carbocycles. The second kappa shape index (κ2) is 6.35. The van der Waals surface area contributed by atoms with Crippen molar-refractivity contribution in [2.24, 2.45) is 5.92 Å². The van der Waals surface area contributed by atoms with Crippen LogP contribution < -0.4 is 9.80 Å². The maximum absolute atomic E-state index is 13.0. The van der Waals surface area contributed by atoms with Crippen molar-refractivity contribution >= 4 is 23.2 Å². The third-order valence-electron chi connectivity index (χ3n) is 5.20. The van der Waals surface area contributed by atoms with E-state index >= 15 is 0 Å². The number of aryl methyl sites for hydroxylation is 2. The molecule has 0 saturated carbocycles. The molecule has 6 heteroatoms. The zero-order chi connectivity index (χ0) is 17.4. The van der Waals surface area contributed by atoms with E-state index in [1.807, 2.05) is 24.3 Å². The summed E-state index contributed by atoms with van der Waals surface area (Å²) in [6.07, 6.45) is 4.69. The van der Waals surface area contributed by atoms with E-state index in [2.05, 4.69) is 17.1 Å². The molecule has 0 spiro atoms. The number of para-hydroxylation sites is 1. The largest absolute Gasteiger partial charge is 0.311 e. The molecule has 1 unspecified atom stereocenters. The van der Waals surface area contributed by atoms with Gasteiger partial charge in [0.25, 0.3) is 0 Å².